The third-order valence-electron chi connectivity index (χ3n) is 7.49. The van der Waals surface area contributed by atoms with E-state index in [2.05, 4.69) is 42.0 Å². The molecular formula is C49H77N5O8. The molecule has 4 aromatic rings. The van der Waals surface area contributed by atoms with Crippen molar-refractivity contribution in [1.82, 2.24) is 24.9 Å². The maximum Gasteiger partial charge on any atom is 0.275 e. The number of hydrogen-bond donors (Lipinski definition) is 4. The van der Waals surface area contributed by atoms with E-state index in [0.29, 0.717) is 19.5 Å². The topological polar surface area (TPSA) is 186 Å². The van der Waals surface area contributed by atoms with Crippen LogP contribution < -0.4 is 20.9 Å². The molecular weight excluding hydrogens is 787 g/mol. The van der Waals surface area contributed by atoms with Gasteiger partial charge in [0.05, 0.1) is 32.3 Å². The molecule has 0 aliphatic heterocycles. The lowest BCUT2D eigenvalue weighted by Crippen LogP contribution is -2.29. The Morgan fingerprint density at radius 1 is 0.823 bits per heavy atom. The van der Waals surface area contributed by atoms with E-state index in [1.54, 1.807) is 7.11 Å². The molecule has 2 aromatic carbocycles. The molecule has 0 unspecified atom stereocenters. The van der Waals surface area contributed by atoms with E-state index >= 15 is 0 Å². The van der Waals surface area contributed by atoms with Crippen LogP contribution in [0.1, 0.15) is 135 Å². The molecule has 2 aromatic heterocycles. The van der Waals surface area contributed by atoms with Crippen LogP contribution in [0.2, 0.25) is 0 Å². The highest BCUT2D eigenvalue weighted by Crippen LogP contribution is 2.25. The lowest BCUT2D eigenvalue weighted by molar-refractivity contribution is 0.0952. The lowest BCUT2D eigenvalue weighted by Gasteiger charge is -2.26. The average Bonchev–Trinajstić information content (AvgIpc) is 3.27. The van der Waals surface area contributed by atoms with Crippen molar-refractivity contribution < 1.29 is 29.6 Å². The van der Waals surface area contributed by atoms with Crippen molar-refractivity contribution >= 4 is 11.7 Å². The Morgan fingerprint density at radius 2 is 1.29 bits per heavy atom. The summed E-state index contributed by atoms with van der Waals surface area (Å²) in [6, 6.07) is 15.7. The standard InChI is InChI=1S/C17H20N2O3.C15H17N3O4.C7H12.C2H4O.4C2H6/c1-11-5-7-13(8-6-11)17(3,4)10-19-9-14(21)16(22)15(18-19)12(2)20;1-16-15(21)13-14(20)11(19)9-18(17-13)8-7-10-5-3-4-6-12(10)22-2;1-4-5-6-7(2)3;1-2-3;4*1-2/h5-9,21H,10H2,1-4H3;3-6,9,19H,7-8H2,1-2H3,(H,16,21);4-6H,1-3H3;2-3H,1H2;4*1-2H3/b;;5-4-;;;;;. The number of hydrogen-bond acceptors (Lipinski definition) is 10. The normalized spacial score (nSPS) is 9.37. The average molecular weight is 864 g/mol. The fourth-order valence-electron chi connectivity index (χ4n) is 4.67. The van der Waals surface area contributed by atoms with Gasteiger partial charge >= 0.3 is 0 Å². The van der Waals surface area contributed by atoms with Gasteiger partial charge in [-0.15, -0.1) is 0 Å². The first-order valence-electron chi connectivity index (χ1n) is 21.0. The molecule has 346 valence electrons. The van der Waals surface area contributed by atoms with E-state index in [4.69, 9.17) is 9.84 Å². The van der Waals surface area contributed by atoms with E-state index in [0.717, 1.165) is 23.1 Å². The zero-order chi connectivity index (χ0) is 49.0. The highest BCUT2D eigenvalue weighted by Gasteiger charge is 2.23. The van der Waals surface area contributed by atoms with Gasteiger partial charge in [0.15, 0.2) is 28.7 Å². The first-order chi connectivity index (χ1) is 29.4. The number of aromatic nitrogens is 4. The molecule has 4 N–H and O–H groups in total. The molecule has 13 nitrogen and oxygen atoms in total. The Labute approximate surface area is 371 Å². The summed E-state index contributed by atoms with van der Waals surface area (Å²) in [7, 11) is 2.98. The van der Waals surface area contributed by atoms with Gasteiger partial charge < -0.3 is 25.4 Å². The molecule has 2 heterocycles. The van der Waals surface area contributed by atoms with Crippen molar-refractivity contribution in [3.8, 4) is 17.2 Å². The molecule has 0 bridgehead atoms. The van der Waals surface area contributed by atoms with Crippen LogP contribution in [0.25, 0.3) is 0 Å². The van der Waals surface area contributed by atoms with Gasteiger partial charge in [-0.2, -0.15) is 10.2 Å². The molecule has 0 radical (unpaired) electrons. The molecule has 0 saturated heterocycles. The van der Waals surface area contributed by atoms with Gasteiger partial charge in [0.2, 0.25) is 0 Å². The Balaban J connectivity index is -0.000000394. The van der Waals surface area contributed by atoms with Gasteiger partial charge in [-0.25, -0.2) is 0 Å². The van der Waals surface area contributed by atoms with E-state index in [9.17, 15) is 29.4 Å². The Hall–Kier alpha value is -6.24. The number of aliphatic hydroxyl groups excluding tert-OH is 1. The predicted octanol–water partition coefficient (Wildman–Crippen LogP) is 10.3. The van der Waals surface area contributed by atoms with Crippen molar-refractivity contribution in [3.05, 3.63) is 146 Å². The number of amides is 1. The van der Waals surface area contributed by atoms with Crippen molar-refractivity contribution in [2.75, 3.05) is 14.2 Å². The number of nitrogens with one attached hydrogen (secondary N) is 1. The van der Waals surface area contributed by atoms with Crippen molar-refractivity contribution in [1.29, 1.82) is 0 Å². The van der Waals surface area contributed by atoms with Crippen LogP contribution in [0.4, 0.5) is 0 Å². The van der Waals surface area contributed by atoms with Gasteiger partial charge in [-0.3, -0.25) is 28.5 Å². The number of ketones is 1. The number of benzene rings is 2. The van der Waals surface area contributed by atoms with Gasteiger partial charge in [0, 0.05) is 25.9 Å². The van der Waals surface area contributed by atoms with Gasteiger partial charge in [-0.05, 0) is 51.3 Å². The monoisotopic (exact) mass is 864 g/mol. The van der Waals surface area contributed by atoms with Crippen LogP contribution in [-0.4, -0.2) is 60.7 Å². The number of carbonyl (C=O) groups is 2. The van der Waals surface area contributed by atoms with Crippen LogP contribution in [0.5, 0.6) is 17.2 Å². The first kappa shape index (κ1) is 62.4. The minimum absolute atomic E-state index is 0.236. The first-order valence-corrected chi connectivity index (χ1v) is 21.0. The third-order valence-corrected chi connectivity index (χ3v) is 7.49. The predicted molar refractivity (Wildman–Crippen MR) is 257 cm³/mol. The van der Waals surface area contributed by atoms with Crippen LogP contribution in [0, 0.1) is 6.92 Å². The third kappa shape index (κ3) is 24.1. The molecule has 0 spiro atoms. The molecule has 0 aliphatic rings. The van der Waals surface area contributed by atoms with Gasteiger partial charge in [0.25, 0.3) is 16.8 Å². The number of allylic oxidation sites excluding steroid dienone is 4. The second-order valence-corrected chi connectivity index (χ2v) is 12.7. The number of para-hydroxylation sites is 1. The van der Waals surface area contributed by atoms with Gasteiger partial charge in [-0.1, -0.05) is 148 Å². The summed E-state index contributed by atoms with van der Waals surface area (Å²) in [5.41, 5.74) is 2.26. The number of aliphatic hydroxyl groups is 1. The molecule has 13 heteroatoms. The molecule has 0 atom stereocenters. The van der Waals surface area contributed by atoms with E-state index in [-0.39, 0.29) is 16.8 Å². The fourth-order valence-corrected chi connectivity index (χ4v) is 4.67. The number of Topliss-reactive ketones (excluding diaryl/α,β-unsaturated/α-hetero) is 1. The largest absolute Gasteiger partial charge is 0.516 e. The summed E-state index contributed by atoms with van der Waals surface area (Å²) in [6.07, 6.45) is 9.95. The minimum atomic E-state index is -0.784. The molecule has 0 saturated carbocycles. The zero-order valence-electron chi connectivity index (χ0n) is 40.6. The summed E-state index contributed by atoms with van der Waals surface area (Å²) in [5, 5.41) is 37.0. The van der Waals surface area contributed by atoms with Crippen LogP contribution in [0.3, 0.4) is 0 Å². The Kier molecular flexibility index (Phi) is 36.8. The fraction of sp³-hybridized carbons (Fsp3) is 0.429. The summed E-state index contributed by atoms with van der Waals surface area (Å²) in [4.78, 5) is 46.4. The number of ether oxygens (including phenoxy) is 1. The minimum Gasteiger partial charge on any atom is -0.516 e. The van der Waals surface area contributed by atoms with Crippen molar-refractivity contribution in [2.45, 2.75) is 129 Å². The Bertz CT molecular complexity index is 2030. The second kappa shape index (κ2) is 36.6. The SMILES string of the molecule is C/C=C\C=C(C)C.C=CO.CC.CC.CC.CC.CC(=O)c1nn(CC(C)(C)c2ccc(C)cc2)cc(O)c1=O.CNC(=O)c1nn(CCc2ccccc2OC)cc(O)c1=O. The van der Waals surface area contributed by atoms with E-state index in [1.807, 2.05) is 144 Å². The number of aromatic hydroxyl groups is 2. The summed E-state index contributed by atoms with van der Waals surface area (Å²) in [5.74, 6) is -1.30. The summed E-state index contributed by atoms with van der Waals surface area (Å²) in [6.45, 7) is 33.3. The Morgan fingerprint density at radius 3 is 1.73 bits per heavy atom. The molecule has 0 aliphatic carbocycles. The molecule has 62 heavy (non-hydrogen) atoms. The summed E-state index contributed by atoms with van der Waals surface area (Å²) >= 11 is 0. The maximum atomic E-state index is 11.7. The smallest absolute Gasteiger partial charge is 0.275 e. The number of rotatable bonds is 10. The number of aryl methyl sites for hydroxylation is 3. The number of methoxy groups -OCH3 is 1. The van der Waals surface area contributed by atoms with Crippen LogP contribution in [0.15, 0.2) is 107 Å². The van der Waals surface area contributed by atoms with Crippen LogP contribution >= 0.6 is 0 Å². The van der Waals surface area contributed by atoms with Gasteiger partial charge in [0.1, 0.15) is 5.75 Å². The van der Waals surface area contributed by atoms with Crippen LogP contribution in [-0.2, 0) is 24.9 Å². The van der Waals surface area contributed by atoms with Crippen molar-refractivity contribution in [3.63, 3.8) is 0 Å². The highest BCUT2D eigenvalue weighted by atomic mass is 16.5. The number of nitrogens with zero attached hydrogens (tertiary/aromatic N) is 4. The molecule has 4 rings (SSSR count). The summed E-state index contributed by atoms with van der Waals surface area (Å²) < 4.78 is 8.08. The van der Waals surface area contributed by atoms with Crippen molar-refractivity contribution in [2.24, 2.45) is 0 Å². The second-order valence-electron chi connectivity index (χ2n) is 12.7. The van der Waals surface area contributed by atoms with E-state index in [1.165, 1.54) is 46.9 Å². The number of carbonyl (C=O) groups excluding carboxylic acids is 2. The lowest BCUT2D eigenvalue weighted by atomic mass is 9.84. The quantitative estimate of drug-likeness (QED) is 0.0679. The maximum absolute atomic E-state index is 11.7. The zero-order valence-corrected chi connectivity index (χ0v) is 40.6. The van der Waals surface area contributed by atoms with E-state index < -0.39 is 34.0 Å². The highest BCUT2D eigenvalue weighted by molar-refractivity contribution is 5.92. The molecule has 1 amide bonds. The molecule has 0 fully saturated rings.